The quantitative estimate of drug-likeness (QED) is 0.667. The van der Waals surface area contributed by atoms with Crippen molar-refractivity contribution >= 4 is 12.0 Å². The topological polar surface area (TPSA) is 124 Å². The van der Waals surface area contributed by atoms with Crippen LogP contribution in [0.3, 0.4) is 0 Å². The molecule has 0 aliphatic carbocycles. The van der Waals surface area contributed by atoms with Crippen molar-refractivity contribution in [1.82, 2.24) is 30.8 Å². The van der Waals surface area contributed by atoms with Crippen molar-refractivity contribution in [3.05, 3.63) is 5.82 Å². The third-order valence-electron chi connectivity index (χ3n) is 3.13. The molecule has 104 valence electrons. The molecule has 0 aromatic carbocycles. The summed E-state index contributed by atoms with van der Waals surface area (Å²) >= 11 is 0. The Hall–Kier alpha value is -2.19. The molecule has 2 rings (SSSR count). The summed E-state index contributed by atoms with van der Waals surface area (Å²) in [5.74, 6) is -0.0954. The smallest absolute Gasteiger partial charge is 0.317 e. The molecule has 0 saturated carbocycles. The number of hydrogen-bond acceptors (Lipinski definition) is 5. The Morgan fingerprint density at radius 1 is 1.53 bits per heavy atom. The highest BCUT2D eigenvalue weighted by Crippen LogP contribution is 2.20. The van der Waals surface area contributed by atoms with Crippen LogP contribution in [0.2, 0.25) is 0 Å². The van der Waals surface area contributed by atoms with E-state index in [1.807, 2.05) is 0 Å². The number of likely N-dealkylation sites (tertiary alicyclic amines) is 1. The SMILES string of the molecule is O=C(O)CCC1CCN(C(=O)NCc2nn[nH]n2)C1. The van der Waals surface area contributed by atoms with E-state index in [4.69, 9.17) is 5.11 Å². The molecule has 2 amide bonds. The van der Waals surface area contributed by atoms with E-state index in [1.165, 1.54) is 0 Å². The minimum absolute atomic E-state index is 0.156. The molecule has 0 bridgehead atoms. The van der Waals surface area contributed by atoms with Gasteiger partial charge in [0.2, 0.25) is 0 Å². The number of H-pyrrole nitrogens is 1. The van der Waals surface area contributed by atoms with Gasteiger partial charge in [0.15, 0.2) is 5.82 Å². The summed E-state index contributed by atoms with van der Waals surface area (Å²) in [6, 6.07) is -0.178. The number of hydrogen-bond donors (Lipinski definition) is 3. The van der Waals surface area contributed by atoms with Crippen molar-refractivity contribution in [1.29, 1.82) is 0 Å². The zero-order valence-corrected chi connectivity index (χ0v) is 10.4. The van der Waals surface area contributed by atoms with Gasteiger partial charge in [-0.1, -0.05) is 5.21 Å². The first-order valence-electron chi connectivity index (χ1n) is 6.12. The largest absolute Gasteiger partial charge is 0.481 e. The third-order valence-corrected chi connectivity index (χ3v) is 3.13. The van der Waals surface area contributed by atoms with E-state index in [1.54, 1.807) is 4.90 Å². The van der Waals surface area contributed by atoms with Crippen LogP contribution < -0.4 is 5.32 Å². The summed E-state index contributed by atoms with van der Waals surface area (Å²) in [6.45, 7) is 1.49. The van der Waals surface area contributed by atoms with Crippen molar-refractivity contribution in [3.8, 4) is 0 Å². The van der Waals surface area contributed by atoms with E-state index in [-0.39, 0.29) is 24.9 Å². The van der Waals surface area contributed by atoms with Gasteiger partial charge in [-0.15, -0.1) is 10.2 Å². The number of nitrogens with one attached hydrogen (secondary N) is 2. The Labute approximate surface area is 109 Å². The number of amides is 2. The van der Waals surface area contributed by atoms with Crippen molar-refractivity contribution in [3.63, 3.8) is 0 Å². The average molecular weight is 268 g/mol. The number of rotatable bonds is 5. The zero-order chi connectivity index (χ0) is 13.7. The fourth-order valence-corrected chi connectivity index (χ4v) is 2.10. The standard InChI is InChI=1S/C10H16N6O3/c17-9(18)2-1-7-3-4-16(6-7)10(19)11-5-8-12-14-15-13-8/h7H,1-6H2,(H,11,19)(H,17,18)(H,12,13,14,15). The maximum atomic E-state index is 11.8. The van der Waals surface area contributed by atoms with Crippen LogP contribution in [0.4, 0.5) is 4.79 Å². The van der Waals surface area contributed by atoms with Gasteiger partial charge >= 0.3 is 12.0 Å². The van der Waals surface area contributed by atoms with Gasteiger partial charge in [0.05, 0.1) is 6.54 Å². The lowest BCUT2D eigenvalue weighted by molar-refractivity contribution is -0.137. The average Bonchev–Trinajstić information content (AvgIpc) is 3.04. The van der Waals surface area contributed by atoms with Crippen molar-refractivity contribution in [2.24, 2.45) is 5.92 Å². The summed E-state index contributed by atoms with van der Waals surface area (Å²) < 4.78 is 0. The maximum Gasteiger partial charge on any atom is 0.317 e. The Morgan fingerprint density at radius 2 is 2.37 bits per heavy atom. The fraction of sp³-hybridized carbons (Fsp3) is 0.700. The molecule has 0 radical (unpaired) electrons. The number of carboxylic acid groups (broad SMARTS) is 1. The normalized spacial score (nSPS) is 18.5. The van der Waals surface area contributed by atoms with Crippen LogP contribution in [-0.2, 0) is 11.3 Å². The van der Waals surface area contributed by atoms with Gasteiger partial charge in [-0.05, 0) is 18.8 Å². The van der Waals surface area contributed by atoms with E-state index < -0.39 is 5.97 Å². The number of nitrogens with zero attached hydrogens (tertiary/aromatic N) is 4. The summed E-state index contributed by atoms with van der Waals surface area (Å²) in [5, 5.41) is 24.5. The fourth-order valence-electron chi connectivity index (χ4n) is 2.10. The molecule has 1 atom stereocenters. The number of tetrazole rings is 1. The molecule has 0 spiro atoms. The lowest BCUT2D eigenvalue weighted by Crippen LogP contribution is -2.38. The molecule has 19 heavy (non-hydrogen) atoms. The zero-order valence-electron chi connectivity index (χ0n) is 10.4. The second kappa shape index (κ2) is 6.12. The van der Waals surface area contributed by atoms with Crippen LogP contribution in [0.15, 0.2) is 0 Å². The Kier molecular flexibility index (Phi) is 4.26. The van der Waals surface area contributed by atoms with Gasteiger partial charge in [-0.25, -0.2) is 4.79 Å². The third kappa shape index (κ3) is 3.90. The molecule has 1 fully saturated rings. The molecule has 9 heteroatoms. The molecule has 1 aromatic heterocycles. The Balaban J connectivity index is 1.71. The van der Waals surface area contributed by atoms with E-state index in [9.17, 15) is 9.59 Å². The van der Waals surface area contributed by atoms with Crippen LogP contribution in [0.5, 0.6) is 0 Å². The van der Waals surface area contributed by atoms with Crippen LogP contribution in [0.25, 0.3) is 0 Å². The van der Waals surface area contributed by atoms with Crippen LogP contribution >= 0.6 is 0 Å². The minimum Gasteiger partial charge on any atom is -0.481 e. The van der Waals surface area contributed by atoms with Gasteiger partial charge in [-0.3, -0.25) is 4.79 Å². The van der Waals surface area contributed by atoms with E-state index in [0.29, 0.717) is 25.3 Å². The van der Waals surface area contributed by atoms with Crippen LogP contribution in [-0.4, -0.2) is 55.7 Å². The Morgan fingerprint density at radius 3 is 3.05 bits per heavy atom. The second-order valence-electron chi connectivity index (χ2n) is 4.52. The van der Waals surface area contributed by atoms with Crippen LogP contribution in [0, 0.1) is 5.92 Å². The van der Waals surface area contributed by atoms with E-state index in [0.717, 1.165) is 6.42 Å². The number of carboxylic acids is 1. The maximum absolute atomic E-state index is 11.8. The van der Waals surface area contributed by atoms with Crippen molar-refractivity contribution < 1.29 is 14.7 Å². The molecule has 3 N–H and O–H groups in total. The second-order valence-corrected chi connectivity index (χ2v) is 4.52. The molecule has 2 heterocycles. The van der Waals surface area contributed by atoms with Crippen molar-refractivity contribution in [2.45, 2.75) is 25.8 Å². The van der Waals surface area contributed by atoms with Gasteiger partial charge in [0, 0.05) is 19.5 Å². The number of carbonyl (C=O) groups excluding carboxylic acids is 1. The van der Waals surface area contributed by atoms with Gasteiger partial charge in [0.1, 0.15) is 0 Å². The lowest BCUT2D eigenvalue weighted by Gasteiger charge is -2.16. The summed E-state index contributed by atoms with van der Waals surface area (Å²) in [5.41, 5.74) is 0. The minimum atomic E-state index is -0.792. The predicted molar refractivity (Wildman–Crippen MR) is 63.0 cm³/mol. The number of urea groups is 1. The molecule has 1 saturated heterocycles. The van der Waals surface area contributed by atoms with Gasteiger partial charge in [0.25, 0.3) is 0 Å². The van der Waals surface area contributed by atoms with E-state index in [2.05, 4.69) is 25.9 Å². The number of aromatic amines is 1. The molecular formula is C10H16N6O3. The highest BCUT2D eigenvalue weighted by molar-refractivity contribution is 5.74. The van der Waals surface area contributed by atoms with Gasteiger partial charge < -0.3 is 15.3 Å². The summed E-state index contributed by atoms with van der Waals surface area (Å²) in [6.07, 6.45) is 1.62. The highest BCUT2D eigenvalue weighted by atomic mass is 16.4. The first kappa shape index (κ1) is 13.2. The molecule has 1 aromatic rings. The summed E-state index contributed by atoms with van der Waals surface area (Å²) in [7, 11) is 0. The molecule has 1 aliphatic rings. The van der Waals surface area contributed by atoms with E-state index >= 15 is 0 Å². The molecular weight excluding hydrogens is 252 g/mol. The molecule has 9 nitrogen and oxygen atoms in total. The predicted octanol–water partition coefficient (Wildman–Crippen LogP) is -0.404. The Bertz CT molecular complexity index is 434. The highest BCUT2D eigenvalue weighted by Gasteiger charge is 2.26. The number of aromatic nitrogens is 4. The summed E-state index contributed by atoms with van der Waals surface area (Å²) in [4.78, 5) is 24.0. The van der Waals surface area contributed by atoms with Crippen molar-refractivity contribution in [2.75, 3.05) is 13.1 Å². The lowest BCUT2D eigenvalue weighted by atomic mass is 10.0. The first-order valence-corrected chi connectivity index (χ1v) is 6.12. The van der Waals surface area contributed by atoms with Crippen LogP contribution in [0.1, 0.15) is 25.1 Å². The monoisotopic (exact) mass is 268 g/mol. The molecule has 1 aliphatic heterocycles. The van der Waals surface area contributed by atoms with Gasteiger partial charge in [-0.2, -0.15) is 5.21 Å². The number of aliphatic carboxylic acids is 1. The first-order chi connectivity index (χ1) is 9.15. The number of carbonyl (C=O) groups is 2. The molecule has 1 unspecified atom stereocenters.